The quantitative estimate of drug-likeness (QED) is 0.724. The van der Waals surface area contributed by atoms with E-state index in [0.717, 1.165) is 5.56 Å². The van der Waals surface area contributed by atoms with E-state index in [1.807, 2.05) is 13.0 Å². The summed E-state index contributed by atoms with van der Waals surface area (Å²) in [6, 6.07) is 6.74. The van der Waals surface area contributed by atoms with Gasteiger partial charge in [-0.05, 0) is 31.5 Å². The van der Waals surface area contributed by atoms with Crippen molar-refractivity contribution in [2.75, 3.05) is 6.54 Å². The maximum absolute atomic E-state index is 12.9. The van der Waals surface area contributed by atoms with Crippen LogP contribution in [0.25, 0.3) is 0 Å². The zero-order valence-corrected chi connectivity index (χ0v) is 8.47. The van der Waals surface area contributed by atoms with E-state index in [9.17, 15) is 4.39 Å². The summed E-state index contributed by atoms with van der Waals surface area (Å²) >= 11 is 0. The molecule has 0 fully saturated rings. The van der Waals surface area contributed by atoms with Crippen LogP contribution < -0.4 is 5.32 Å². The van der Waals surface area contributed by atoms with Crippen molar-refractivity contribution in [1.82, 2.24) is 5.32 Å². The highest BCUT2D eigenvalue weighted by molar-refractivity contribution is 5.19. The fourth-order valence-electron chi connectivity index (χ4n) is 1.19. The molecule has 1 aromatic carbocycles. The Hall–Kier alpha value is -1.33. The van der Waals surface area contributed by atoms with Crippen LogP contribution >= 0.6 is 0 Å². The number of halogens is 1. The Labute approximate surface area is 84.3 Å². The van der Waals surface area contributed by atoms with E-state index in [0.29, 0.717) is 6.54 Å². The van der Waals surface area contributed by atoms with Crippen molar-refractivity contribution in [1.29, 1.82) is 0 Å². The van der Waals surface area contributed by atoms with Gasteiger partial charge in [-0.2, -0.15) is 0 Å². The Balaban J connectivity index is 2.58. The zero-order valence-electron chi connectivity index (χ0n) is 8.47. The van der Waals surface area contributed by atoms with Gasteiger partial charge in [-0.15, -0.1) is 5.92 Å². The molecule has 0 saturated heterocycles. The summed E-state index contributed by atoms with van der Waals surface area (Å²) in [6.07, 6.45) is 0. The second-order valence-electron chi connectivity index (χ2n) is 3.08. The Morgan fingerprint density at radius 3 is 2.93 bits per heavy atom. The van der Waals surface area contributed by atoms with Gasteiger partial charge in [-0.1, -0.05) is 18.1 Å². The minimum Gasteiger partial charge on any atom is -0.300 e. The Morgan fingerprint density at radius 2 is 2.29 bits per heavy atom. The van der Waals surface area contributed by atoms with Crippen LogP contribution in [0.4, 0.5) is 4.39 Å². The minimum atomic E-state index is -0.197. The van der Waals surface area contributed by atoms with Crippen LogP contribution in [0.5, 0.6) is 0 Å². The second-order valence-corrected chi connectivity index (χ2v) is 3.08. The molecule has 74 valence electrons. The summed E-state index contributed by atoms with van der Waals surface area (Å²) < 4.78 is 12.9. The summed E-state index contributed by atoms with van der Waals surface area (Å²) in [7, 11) is 0. The van der Waals surface area contributed by atoms with Gasteiger partial charge >= 0.3 is 0 Å². The minimum absolute atomic E-state index is 0.131. The highest BCUT2D eigenvalue weighted by atomic mass is 19.1. The molecule has 0 aliphatic rings. The smallest absolute Gasteiger partial charge is 0.123 e. The van der Waals surface area contributed by atoms with Crippen LogP contribution in [-0.4, -0.2) is 6.54 Å². The second kappa shape index (κ2) is 5.41. The van der Waals surface area contributed by atoms with Gasteiger partial charge in [0.15, 0.2) is 0 Å². The van der Waals surface area contributed by atoms with Crippen molar-refractivity contribution in [2.24, 2.45) is 0 Å². The lowest BCUT2D eigenvalue weighted by atomic mass is 10.1. The van der Waals surface area contributed by atoms with Crippen molar-refractivity contribution < 1.29 is 4.39 Å². The molecule has 1 atom stereocenters. The number of rotatable bonds is 3. The maximum Gasteiger partial charge on any atom is 0.123 e. The molecule has 1 N–H and O–H groups in total. The lowest BCUT2D eigenvalue weighted by Crippen LogP contribution is -2.18. The maximum atomic E-state index is 12.9. The predicted octanol–water partition coefficient (Wildman–Crippen LogP) is 2.50. The largest absolute Gasteiger partial charge is 0.300 e. The number of nitrogens with one attached hydrogen (secondary N) is 1. The summed E-state index contributed by atoms with van der Waals surface area (Å²) in [5, 5.41) is 3.19. The Bertz CT molecular complexity index is 349. The van der Waals surface area contributed by atoms with Crippen LogP contribution in [0, 0.1) is 17.7 Å². The molecule has 0 aliphatic carbocycles. The molecular weight excluding hydrogens is 177 g/mol. The third kappa shape index (κ3) is 3.20. The first-order chi connectivity index (χ1) is 6.74. The Kier molecular flexibility index (Phi) is 4.15. The van der Waals surface area contributed by atoms with E-state index < -0.39 is 0 Å². The Morgan fingerprint density at radius 1 is 1.50 bits per heavy atom. The molecule has 0 unspecified atom stereocenters. The van der Waals surface area contributed by atoms with Crippen LogP contribution in [0.2, 0.25) is 0 Å². The van der Waals surface area contributed by atoms with Gasteiger partial charge in [0, 0.05) is 6.04 Å². The molecule has 0 radical (unpaired) electrons. The van der Waals surface area contributed by atoms with Gasteiger partial charge in [0.25, 0.3) is 0 Å². The van der Waals surface area contributed by atoms with Crippen molar-refractivity contribution in [3.8, 4) is 11.8 Å². The molecule has 14 heavy (non-hydrogen) atoms. The van der Waals surface area contributed by atoms with Crippen LogP contribution in [0.1, 0.15) is 25.5 Å². The van der Waals surface area contributed by atoms with Crippen LogP contribution in [0.15, 0.2) is 24.3 Å². The first-order valence-corrected chi connectivity index (χ1v) is 4.62. The zero-order chi connectivity index (χ0) is 10.4. The highest BCUT2D eigenvalue weighted by Crippen LogP contribution is 2.12. The SMILES string of the molecule is CC#CCN[C@H](C)c1cccc(F)c1. The first-order valence-electron chi connectivity index (χ1n) is 4.62. The summed E-state index contributed by atoms with van der Waals surface area (Å²) in [4.78, 5) is 0. The van der Waals surface area contributed by atoms with Crippen LogP contribution in [0.3, 0.4) is 0 Å². The molecule has 0 spiro atoms. The van der Waals surface area contributed by atoms with Gasteiger partial charge in [0.05, 0.1) is 6.54 Å². The number of hydrogen-bond donors (Lipinski definition) is 1. The fourth-order valence-corrected chi connectivity index (χ4v) is 1.19. The van der Waals surface area contributed by atoms with Crippen molar-refractivity contribution >= 4 is 0 Å². The summed E-state index contributed by atoms with van der Waals surface area (Å²) in [5.41, 5.74) is 0.947. The molecule has 0 aromatic heterocycles. The van der Waals surface area contributed by atoms with E-state index in [-0.39, 0.29) is 11.9 Å². The molecule has 1 nitrogen and oxygen atoms in total. The van der Waals surface area contributed by atoms with Gasteiger partial charge in [0.1, 0.15) is 5.82 Å². The number of hydrogen-bond acceptors (Lipinski definition) is 1. The van der Waals surface area contributed by atoms with Gasteiger partial charge in [-0.25, -0.2) is 4.39 Å². The molecule has 0 aliphatic heterocycles. The van der Waals surface area contributed by atoms with E-state index in [4.69, 9.17) is 0 Å². The van der Waals surface area contributed by atoms with E-state index >= 15 is 0 Å². The predicted molar refractivity (Wildman–Crippen MR) is 56.3 cm³/mol. The lowest BCUT2D eigenvalue weighted by molar-refractivity contribution is 0.598. The average Bonchev–Trinajstić information content (AvgIpc) is 2.18. The normalized spacial score (nSPS) is 11.6. The molecule has 0 bridgehead atoms. The molecule has 0 amide bonds. The number of benzene rings is 1. The van der Waals surface area contributed by atoms with Crippen molar-refractivity contribution in [3.05, 3.63) is 35.6 Å². The highest BCUT2D eigenvalue weighted by Gasteiger charge is 2.03. The van der Waals surface area contributed by atoms with Crippen molar-refractivity contribution in [2.45, 2.75) is 19.9 Å². The molecule has 1 aromatic rings. The van der Waals surface area contributed by atoms with Crippen LogP contribution in [-0.2, 0) is 0 Å². The summed E-state index contributed by atoms with van der Waals surface area (Å²) in [5.74, 6) is 5.51. The first kappa shape index (κ1) is 10.7. The third-order valence-corrected chi connectivity index (χ3v) is 2.02. The standard InChI is InChI=1S/C12H14FN/c1-3-4-8-14-10(2)11-6-5-7-12(13)9-11/h5-7,9-10,14H,8H2,1-2H3/t10-/m1/s1. The fraction of sp³-hybridized carbons (Fsp3) is 0.333. The van der Waals surface area contributed by atoms with E-state index in [1.54, 1.807) is 13.0 Å². The topological polar surface area (TPSA) is 12.0 Å². The van der Waals surface area contributed by atoms with Gasteiger partial charge in [-0.3, -0.25) is 5.32 Å². The molecule has 2 heteroatoms. The lowest BCUT2D eigenvalue weighted by Gasteiger charge is -2.11. The molecule has 0 heterocycles. The molecule has 1 rings (SSSR count). The average molecular weight is 191 g/mol. The van der Waals surface area contributed by atoms with E-state index in [1.165, 1.54) is 12.1 Å². The van der Waals surface area contributed by atoms with Crippen molar-refractivity contribution in [3.63, 3.8) is 0 Å². The third-order valence-electron chi connectivity index (χ3n) is 2.02. The van der Waals surface area contributed by atoms with E-state index in [2.05, 4.69) is 17.2 Å². The molecular formula is C12H14FN. The monoisotopic (exact) mass is 191 g/mol. The molecule has 0 saturated carbocycles. The van der Waals surface area contributed by atoms with Gasteiger partial charge < -0.3 is 0 Å². The summed E-state index contributed by atoms with van der Waals surface area (Å²) in [6.45, 7) is 4.43. The van der Waals surface area contributed by atoms with Gasteiger partial charge in [0.2, 0.25) is 0 Å².